The van der Waals surface area contributed by atoms with E-state index in [2.05, 4.69) is 15.5 Å². The van der Waals surface area contributed by atoms with Crippen LogP contribution in [0.15, 0.2) is 42.5 Å². The van der Waals surface area contributed by atoms with Crippen molar-refractivity contribution in [3.05, 3.63) is 63.9 Å². The van der Waals surface area contributed by atoms with Gasteiger partial charge in [0, 0.05) is 30.8 Å². The van der Waals surface area contributed by atoms with E-state index in [0.717, 1.165) is 12.8 Å². The van der Waals surface area contributed by atoms with Crippen molar-refractivity contribution in [2.45, 2.75) is 18.8 Å². The number of piperidine rings is 1. The first kappa shape index (κ1) is 22.7. The maximum atomic E-state index is 13.2. The molecular weight excluding hydrogens is 447 g/mol. The van der Waals surface area contributed by atoms with Gasteiger partial charge in [0.2, 0.25) is 5.01 Å². The molecule has 172 valence electrons. The molecule has 0 spiro atoms. The fourth-order valence-corrected chi connectivity index (χ4v) is 4.58. The quantitative estimate of drug-likeness (QED) is 0.586. The van der Waals surface area contributed by atoms with Crippen LogP contribution in [0.2, 0.25) is 0 Å². The molecule has 8 nitrogen and oxygen atoms in total. The van der Waals surface area contributed by atoms with E-state index in [4.69, 9.17) is 9.47 Å². The molecule has 2 heterocycles. The molecule has 0 aliphatic carbocycles. The van der Waals surface area contributed by atoms with Gasteiger partial charge < -0.3 is 19.7 Å². The summed E-state index contributed by atoms with van der Waals surface area (Å²) in [6.45, 7) is 1.10. The van der Waals surface area contributed by atoms with Gasteiger partial charge in [0.05, 0.1) is 19.8 Å². The Morgan fingerprint density at radius 3 is 2.64 bits per heavy atom. The molecule has 1 aliphatic rings. The Kier molecular flexibility index (Phi) is 6.83. The minimum absolute atomic E-state index is 0.0168. The first-order valence-corrected chi connectivity index (χ1v) is 11.2. The van der Waals surface area contributed by atoms with Crippen LogP contribution in [0.3, 0.4) is 0 Å². The number of aromatic nitrogens is 2. The molecule has 3 aromatic rings. The highest BCUT2D eigenvalue weighted by Crippen LogP contribution is 2.32. The summed E-state index contributed by atoms with van der Waals surface area (Å²) < 4.78 is 23.6. The molecule has 0 bridgehead atoms. The van der Waals surface area contributed by atoms with Gasteiger partial charge in [-0.15, -0.1) is 10.2 Å². The molecule has 1 aromatic heterocycles. The minimum atomic E-state index is -0.405. The molecule has 1 aliphatic heterocycles. The summed E-state index contributed by atoms with van der Waals surface area (Å²) in [5, 5.41) is 11.8. The number of hydrogen-bond donors (Lipinski definition) is 1. The Balaban J connectivity index is 1.45. The fraction of sp³-hybridized carbons (Fsp3) is 0.304. The lowest BCUT2D eigenvalue weighted by atomic mass is 9.98. The molecule has 1 atom stereocenters. The predicted octanol–water partition coefficient (Wildman–Crippen LogP) is 3.97. The Bertz CT molecular complexity index is 1150. The third-order valence-corrected chi connectivity index (χ3v) is 6.52. The van der Waals surface area contributed by atoms with Gasteiger partial charge in [-0.3, -0.25) is 9.59 Å². The Morgan fingerprint density at radius 2 is 1.91 bits per heavy atom. The first-order valence-electron chi connectivity index (χ1n) is 10.4. The van der Waals surface area contributed by atoms with Crippen LogP contribution < -0.4 is 14.8 Å². The molecule has 0 unspecified atom stereocenters. The smallest absolute Gasteiger partial charge is 0.286 e. The van der Waals surface area contributed by atoms with Crippen LogP contribution in [0.4, 0.5) is 10.1 Å². The van der Waals surface area contributed by atoms with Gasteiger partial charge in [0.1, 0.15) is 22.3 Å². The second-order valence-corrected chi connectivity index (χ2v) is 8.57. The molecule has 1 saturated heterocycles. The van der Waals surface area contributed by atoms with E-state index < -0.39 is 5.91 Å². The molecule has 4 rings (SSSR count). The van der Waals surface area contributed by atoms with E-state index in [9.17, 15) is 14.0 Å². The molecule has 1 fully saturated rings. The zero-order valence-corrected chi connectivity index (χ0v) is 19.0. The van der Waals surface area contributed by atoms with Crippen LogP contribution in [0.1, 0.15) is 43.9 Å². The molecule has 2 aromatic carbocycles. The van der Waals surface area contributed by atoms with Crippen molar-refractivity contribution in [2.24, 2.45) is 0 Å². The summed E-state index contributed by atoms with van der Waals surface area (Å²) >= 11 is 1.20. The number of methoxy groups -OCH3 is 2. The van der Waals surface area contributed by atoms with Gasteiger partial charge in [-0.25, -0.2) is 4.39 Å². The zero-order valence-electron chi connectivity index (χ0n) is 18.2. The minimum Gasteiger partial charge on any atom is -0.497 e. The molecule has 0 radical (unpaired) electrons. The number of likely N-dealkylation sites (tertiary alicyclic amines) is 1. The Hall–Kier alpha value is -3.53. The number of benzene rings is 2. The maximum absolute atomic E-state index is 13.2. The van der Waals surface area contributed by atoms with Crippen molar-refractivity contribution in [3.8, 4) is 11.5 Å². The lowest BCUT2D eigenvalue weighted by Crippen LogP contribution is -2.39. The Labute approximate surface area is 194 Å². The van der Waals surface area contributed by atoms with Crippen molar-refractivity contribution >= 4 is 28.8 Å². The van der Waals surface area contributed by atoms with E-state index in [0.29, 0.717) is 40.8 Å². The van der Waals surface area contributed by atoms with Gasteiger partial charge in [-0.1, -0.05) is 11.3 Å². The third-order valence-electron chi connectivity index (χ3n) is 5.43. The summed E-state index contributed by atoms with van der Waals surface area (Å²) in [5.74, 6) is 0.138. The topological polar surface area (TPSA) is 93.7 Å². The number of anilines is 1. The number of nitrogens with one attached hydrogen (secondary N) is 1. The van der Waals surface area contributed by atoms with Gasteiger partial charge in [0.25, 0.3) is 11.8 Å². The highest BCUT2D eigenvalue weighted by molar-refractivity contribution is 7.13. The monoisotopic (exact) mass is 470 g/mol. The van der Waals surface area contributed by atoms with Crippen molar-refractivity contribution in [1.29, 1.82) is 0 Å². The molecule has 33 heavy (non-hydrogen) atoms. The van der Waals surface area contributed by atoms with Crippen LogP contribution in [-0.2, 0) is 0 Å². The molecule has 10 heteroatoms. The van der Waals surface area contributed by atoms with Crippen molar-refractivity contribution in [2.75, 3.05) is 32.6 Å². The normalized spacial score (nSPS) is 15.7. The van der Waals surface area contributed by atoms with Crippen LogP contribution in [0, 0.1) is 5.82 Å². The predicted molar refractivity (Wildman–Crippen MR) is 122 cm³/mol. The number of amides is 2. The van der Waals surface area contributed by atoms with E-state index >= 15 is 0 Å². The summed E-state index contributed by atoms with van der Waals surface area (Å²) in [6.07, 6.45) is 1.66. The summed E-state index contributed by atoms with van der Waals surface area (Å²) in [6, 6.07) is 10.6. The largest absolute Gasteiger partial charge is 0.497 e. The number of ether oxygens (including phenoxy) is 2. The number of carbonyl (C=O) groups is 2. The van der Waals surface area contributed by atoms with Crippen molar-refractivity contribution in [3.63, 3.8) is 0 Å². The van der Waals surface area contributed by atoms with Crippen molar-refractivity contribution < 1.29 is 23.5 Å². The highest BCUT2D eigenvalue weighted by atomic mass is 32.1. The zero-order chi connectivity index (χ0) is 23.4. The van der Waals surface area contributed by atoms with Crippen LogP contribution in [-0.4, -0.2) is 54.2 Å². The molecular formula is C23H23FN4O4S. The number of carbonyl (C=O) groups excluding carboxylic acids is 2. The van der Waals surface area contributed by atoms with E-state index in [1.54, 1.807) is 30.2 Å². The van der Waals surface area contributed by atoms with Crippen LogP contribution in [0.5, 0.6) is 11.5 Å². The van der Waals surface area contributed by atoms with E-state index in [-0.39, 0.29) is 22.6 Å². The lowest BCUT2D eigenvalue weighted by molar-refractivity contribution is 0.0703. The SMILES string of the molecule is COc1ccc(C(=O)N2CCC[C@H](c3nnc(C(=O)Nc4ccc(F)cc4)s3)C2)c(OC)c1. The van der Waals surface area contributed by atoms with Gasteiger partial charge >= 0.3 is 0 Å². The average Bonchev–Trinajstić information content (AvgIpc) is 3.35. The molecule has 0 saturated carbocycles. The number of nitrogens with zero attached hydrogens (tertiary/aromatic N) is 3. The highest BCUT2D eigenvalue weighted by Gasteiger charge is 2.30. The summed E-state index contributed by atoms with van der Waals surface area (Å²) in [7, 11) is 3.08. The summed E-state index contributed by atoms with van der Waals surface area (Å²) in [5.41, 5.74) is 0.941. The second-order valence-electron chi connectivity index (χ2n) is 7.56. The second kappa shape index (κ2) is 9.95. The molecule has 1 N–H and O–H groups in total. The van der Waals surface area contributed by atoms with Gasteiger partial charge in [-0.05, 0) is 49.2 Å². The Morgan fingerprint density at radius 1 is 1.12 bits per heavy atom. The van der Waals surface area contributed by atoms with Crippen molar-refractivity contribution in [1.82, 2.24) is 15.1 Å². The summed E-state index contributed by atoms with van der Waals surface area (Å²) in [4.78, 5) is 27.4. The third kappa shape index (κ3) is 5.11. The average molecular weight is 471 g/mol. The number of halogens is 1. The fourth-order valence-electron chi connectivity index (χ4n) is 3.72. The maximum Gasteiger partial charge on any atom is 0.286 e. The first-order chi connectivity index (χ1) is 16.0. The van der Waals surface area contributed by atoms with E-state index in [1.165, 1.54) is 42.7 Å². The van der Waals surface area contributed by atoms with Gasteiger partial charge in [-0.2, -0.15) is 0 Å². The van der Waals surface area contributed by atoms with Crippen LogP contribution >= 0.6 is 11.3 Å². The van der Waals surface area contributed by atoms with Crippen LogP contribution in [0.25, 0.3) is 0 Å². The number of rotatable bonds is 6. The lowest BCUT2D eigenvalue weighted by Gasteiger charge is -2.32. The standard InChI is InChI=1S/C23H23FN4O4S/c1-31-17-9-10-18(19(12-17)32-2)23(30)28-11-3-4-14(13-28)21-26-27-22(33-21)20(29)25-16-7-5-15(24)6-8-16/h5-10,12,14H,3-4,11,13H2,1-2H3,(H,25,29)/t14-/m0/s1. The van der Waals surface area contributed by atoms with E-state index in [1.807, 2.05) is 0 Å². The molecule has 2 amide bonds. The number of hydrogen-bond acceptors (Lipinski definition) is 7. The van der Waals surface area contributed by atoms with Gasteiger partial charge in [0.15, 0.2) is 0 Å².